The highest BCUT2D eigenvalue weighted by Gasteiger charge is 2.59. The van der Waals surface area contributed by atoms with Crippen LogP contribution in [0.15, 0.2) is 54.2 Å². The number of halogens is 4. The molecule has 0 radical (unpaired) electrons. The first-order valence-corrected chi connectivity index (χ1v) is 15.1. The Bertz CT molecular complexity index is 1110. The van der Waals surface area contributed by atoms with Gasteiger partial charge in [-0.25, -0.2) is 4.39 Å². The molecule has 0 spiro atoms. The molecule has 2 N–H and O–H groups in total. The summed E-state index contributed by atoms with van der Waals surface area (Å²) in [6.07, 6.45) is -5.75. The van der Waals surface area contributed by atoms with Crippen molar-refractivity contribution in [1.82, 2.24) is 5.32 Å². The molecule has 0 aliphatic rings. The first kappa shape index (κ1) is 29.6. The number of carbonyl (C=O) groups is 1. The number of benzene rings is 2. The Labute approximate surface area is 211 Å². The van der Waals surface area contributed by atoms with Crippen LogP contribution >= 0.6 is 0 Å². The standard InChI is InChI=1S/C27H35F4NO3Si/c1-17(19-9-12-21(35-5)13-10-19)32-24(33)22-15-20(28)11-14-23(22)25(3,4)16-26(34,27(29,30)31)18(2)36(6,7)8/h9-15,17,34H,2,16H2,1,3-8H3,(H,32,33)/t17-,26?/m0/s1. The van der Waals surface area contributed by atoms with Gasteiger partial charge in [0.05, 0.1) is 21.2 Å². The molecule has 0 bridgehead atoms. The fraction of sp³-hybridized carbons (Fsp3) is 0.444. The molecule has 0 aliphatic heterocycles. The number of ether oxygens (including phenoxy) is 1. The number of amides is 1. The summed E-state index contributed by atoms with van der Waals surface area (Å²) in [6.45, 7) is 13.4. The van der Waals surface area contributed by atoms with Crippen molar-refractivity contribution in [3.8, 4) is 5.75 Å². The lowest BCUT2D eigenvalue weighted by Crippen LogP contribution is -2.55. The second-order valence-corrected chi connectivity index (χ2v) is 15.9. The number of carbonyl (C=O) groups excluding carboxylic acids is 1. The Morgan fingerprint density at radius 3 is 2.14 bits per heavy atom. The second kappa shape index (κ2) is 10.4. The molecule has 0 aromatic heterocycles. The van der Waals surface area contributed by atoms with E-state index in [1.807, 2.05) is 0 Å². The topological polar surface area (TPSA) is 58.6 Å². The van der Waals surface area contributed by atoms with Crippen molar-refractivity contribution in [2.45, 2.75) is 70.1 Å². The Balaban J connectivity index is 2.46. The van der Waals surface area contributed by atoms with Crippen LogP contribution in [0, 0.1) is 5.82 Å². The lowest BCUT2D eigenvalue weighted by Gasteiger charge is -2.43. The lowest BCUT2D eigenvalue weighted by atomic mass is 9.73. The summed E-state index contributed by atoms with van der Waals surface area (Å²) < 4.78 is 62.0. The predicted octanol–water partition coefficient (Wildman–Crippen LogP) is 6.72. The van der Waals surface area contributed by atoms with Crippen molar-refractivity contribution in [3.05, 3.63) is 76.7 Å². The molecule has 2 aromatic rings. The van der Waals surface area contributed by atoms with Gasteiger partial charge < -0.3 is 15.2 Å². The van der Waals surface area contributed by atoms with Crippen LogP contribution in [0.3, 0.4) is 0 Å². The number of hydrogen-bond donors (Lipinski definition) is 2. The van der Waals surface area contributed by atoms with Gasteiger partial charge in [0.15, 0.2) is 5.60 Å². The minimum atomic E-state index is -4.98. The van der Waals surface area contributed by atoms with Crippen LogP contribution in [-0.4, -0.2) is 38.0 Å². The van der Waals surface area contributed by atoms with E-state index in [1.54, 1.807) is 50.8 Å². The Kier molecular flexibility index (Phi) is 8.52. The van der Waals surface area contributed by atoms with Gasteiger partial charge >= 0.3 is 6.18 Å². The molecule has 2 rings (SSSR count). The Morgan fingerprint density at radius 1 is 1.11 bits per heavy atom. The van der Waals surface area contributed by atoms with Gasteiger partial charge in [0.1, 0.15) is 11.6 Å². The minimum absolute atomic E-state index is 0.0940. The van der Waals surface area contributed by atoms with Crippen LogP contribution in [0.2, 0.25) is 19.6 Å². The second-order valence-electron chi connectivity index (χ2n) is 10.8. The Hall–Kier alpha value is -2.65. The van der Waals surface area contributed by atoms with E-state index in [0.29, 0.717) is 5.75 Å². The van der Waals surface area contributed by atoms with Crippen LogP contribution in [0.4, 0.5) is 17.6 Å². The summed E-state index contributed by atoms with van der Waals surface area (Å²) >= 11 is 0. The smallest absolute Gasteiger partial charge is 0.420 e. The fourth-order valence-electron chi connectivity index (χ4n) is 4.28. The molecule has 4 nitrogen and oxygen atoms in total. The van der Waals surface area contributed by atoms with Crippen molar-refractivity contribution in [3.63, 3.8) is 0 Å². The first-order chi connectivity index (χ1) is 16.3. The van der Waals surface area contributed by atoms with Crippen LogP contribution < -0.4 is 10.1 Å². The molecule has 0 aliphatic carbocycles. The maximum absolute atomic E-state index is 14.2. The van der Waals surface area contributed by atoms with Crippen LogP contribution in [-0.2, 0) is 5.41 Å². The van der Waals surface area contributed by atoms with Crippen molar-refractivity contribution in [2.75, 3.05) is 7.11 Å². The molecule has 0 saturated heterocycles. The third-order valence-corrected chi connectivity index (χ3v) is 8.71. The summed E-state index contributed by atoms with van der Waals surface area (Å²) in [5, 5.41) is 13.5. The molecule has 1 unspecified atom stereocenters. The molecule has 36 heavy (non-hydrogen) atoms. The average Bonchev–Trinajstić information content (AvgIpc) is 2.76. The average molecular weight is 526 g/mol. The van der Waals surface area contributed by atoms with Gasteiger partial charge in [0, 0.05) is 5.56 Å². The summed E-state index contributed by atoms with van der Waals surface area (Å²) in [5.74, 6) is -0.696. The van der Waals surface area contributed by atoms with Gasteiger partial charge in [-0.05, 0) is 59.3 Å². The van der Waals surface area contributed by atoms with E-state index in [1.165, 1.54) is 27.0 Å². The maximum Gasteiger partial charge on any atom is 0.420 e. The zero-order chi connectivity index (χ0) is 27.7. The van der Waals surface area contributed by atoms with Gasteiger partial charge in [-0.15, -0.1) is 6.58 Å². The molecule has 0 heterocycles. The number of hydrogen-bond acceptors (Lipinski definition) is 3. The van der Waals surface area contributed by atoms with E-state index < -0.39 is 49.5 Å². The number of methoxy groups -OCH3 is 1. The summed E-state index contributed by atoms with van der Waals surface area (Å²) in [5.41, 5.74) is -3.67. The molecule has 2 aromatic carbocycles. The van der Waals surface area contributed by atoms with Crippen molar-refractivity contribution in [2.24, 2.45) is 0 Å². The largest absolute Gasteiger partial charge is 0.497 e. The molecular formula is C27H35F4NO3Si. The quantitative estimate of drug-likeness (QED) is 0.282. The van der Waals surface area contributed by atoms with Gasteiger partial charge in [-0.2, -0.15) is 13.2 Å². The minimum Gasteiger partial charge on any atom is -0.497 e. The number of aliphatic hydroxyl groups is 1. The molecule has 0 fully saturated rings. The number of alkyl halides is 3. The fourth-order valence-corrected chi connectivity index (χ4v) is 5.75. The summed E-state index contributed by atoms with van der Waals surface area (Å²) in [6, 6.07) is 9.94. The third-order valence-electron chi connectivity index (χ3n) is 6.49. The zero-order valence-electron chi connectivity index (χ0n) is 21.8. The Morgan fingerprint density at radius 2 is 1.67 bits per heavy atom. The van der Waals surface area contributed by atoms with Crippen LogP contribution in [0.25, 0.3) is 0 Å². The zero-order valence-corrected chi connectivity index (χ0v) is 22.8. The van der Waals surface area contributed by atoms with Crippen LogP contribution in [0.5, 0.6) is 5.75 Å². The highest BCUT2D eigenvalue weighted by molar-refractivity contribution is 6.83. The highest BCUT2D eigenvalue weighted by atomic mass is 28.3. The van der Waals surface area contributed by atoms with E-state index in [4.69, 9.17) is 4.74 Å². The van der Waals surface area contributed by atoms with E-state index in [-0.39, 0.29) is 16.3 Å². The van der Waals surface area contributed by atoms with Crippen LogP contribution in [0.1, 0.15) is 54.7 Å². The molecule has 198 valence electrons. The van der Waals surface area contributed by atoms with Crippen molar-refractivity contribution in [1.29, 1.82) is 0 Å². The van der Waals surface area contributed by atoms with E-state index in [0.717, 1.165) is 17.7 Å². The maximum atomic E-state index is 14.2. The normalized spacial score (nSPS) is 15.1. The van der Waals surface area contributed by atoms with E-state index in [9.17, 15) is 27.5 Å². The van der Waals surface area contributed by atoms with Gasteiger partial charge in [0.2, 0.25) is 0 Å². The van der Waals surface area contributed by atoms with Crippen molar-refractivity contribution >= 4 is 14.0 Å². The number of rotatable bonds is 9. The molecule has 1 amide bonds. The van der Waals surface area contributed by atoms with Gasteiger partial charge in [-0.3, -0.25) is 4.79 Å². The van der Waals surface area contributed by atoms with Gasteiger partial charge in [-0.1, -0.05) is 51.7 Å². The highest BCUT2D eigenvalue weighted by Crippen LogP contribution is 2.47. The first-order valence-electron chi connectivity index (χ1n) is 11.6. The van der Waals surface area contributed by atoms with E-state index in [2.05, 4.69) is 11.9 Å². The monoisotopic (exact) mass is 525 g/mol. The molecule has 0 saturated carbocycles. The third kappa shape index (κ3) is 6.36. The molecule has 2 atom stereocenters. The molecular weight excluding hydrogens is 490 g/mol. The van der Waals surface area contributed by atoms with E-state index >= 15 is 0 Å². The summed E-state index contributed by atoms with van der Waals surface area (Å²) in [7, 11) is -1.10. The lowest BCUT2D eigenvalue weighted by molar-refractivity contribution is -0.248. The molecule has 9 heteroatoms. The predicted molar refractivity (Wildman–Crippen MR) is 136 cm³/mol. The number of nitrogens with one attached hydrogen (secondary N) is 1. The summed E-state index contributed by atoms with van der Waals surface area (Å²) in [4.78, 5) is 13.2. The SMILES string of the molecule is C=C(C(O)(CC(C)(C)c1ccc(F)cc1C(=O)N[C@@H](C)c1ccc(OC)cc1)C(F)(F)F)[Si](C)(C)C. The van der Waals surface area contributed by atoms with Crippen molar-refractivity contribution < 1.29 is 32.2 Å². The van der Waals surface area contributed by atoms with Gasteiger partial charge in [0.25, 0.3) is 5.91 Å².